The van der Waals surface area contributed by atoms with Crippen LogP contribution < -0.4 is 10.6 Å². The molecule has 10 nitrogen and oxygen atoms in total. The second-order valence-electron chi connectivity index (χ2n) is 12.0. The first-order valence-corrected chi connectivity index (χ1v) is 15.1. The molecule has 43 heavy (non-hydrogen) atoms. The molecule has 5 rings (SSSR count). The van der Waals surface area contributed by atoms with Crippen molar-refractivity contribution in [1.82, 2.24) is 20.0 Å². The van der Waals surface area contributed by atoms with Gasteiger partial charge in [0.15, 0.2) is 0 Å². The van der Waals surface area contributed by atoms with Crippen molar-refractivity contribution >= 4 is 35.0 Å². The van der Waals surface area contributed by atoms with Crippen molar-refractivity contribution in [3.63, 3.8) is 0 Å². The van der Waals surface area contributed by atoms with Crippen molar-refractivity contribution in [2.75, 3.05) is 23.7 Å². The number of H-pyrrole nitrogens is 1. The highest BCUT2D eigenvalue weighted by Crippen LogP contribution is 2.28. The van der Waals surface area contributed by atoms with Gasteiger partial charge in [-0.05, 0) is 61.6 Å². The van der Waals surface area contributed by atoms with E-state index in [-0.39, 0.29) is 35.5 Å². The van der Waals surface area contributed by atoms with Gasteiger partial charge < -0.3 is 20.4 Å². The molecule has 0 spiro atoms. The number of benzene rings is 2. The topological polar surface area (TPSA) is 127 Å². The fourth-order valence-electron chi connectivity index (χ4n) is 5.80. The molecule has 3 aromatic rings. The van der Waals surface area contributed by atoms with E-state index < -0.39 is 12.1 Å². The molecule has 226 valence electrons. The lowest BCUT2D eigenvalue weighted by Gasteiger charge is -2.25. The third-order valence-corrected chi connectivity index (χ3v) is 8.15. The molecule has 2 aliphatic heterocycles. The zero-order chi connectivity index (χ0) is 30.7. The summed E-state index contributed by atoms with van der Waals surface area (Å²) in [4.78, 5) is 54.2. The van der Waals surface area contributed by atoms with Crippen LogP contribution in [0.25, 0.3) is 22.5 Å². The molecule has 3 heterocycles. The number of carbonyl (C=O) groups is 4. The number of anilines is 2. The molecule has 2 unspecified atom stereocenters. The van der Waals surface area contributed by atoms with Gasteiger partial charge in [-0.15, -0.1) is 0 Å². The predicted molar refractivity (Wildman–Crippen MR) is 166 cm³/mol. The lowest BCUT2D eigenvalue weighted by Crippen LogP contribution is -2.44. The number of amides is 4. The fraction of sp³-hybridized carbons (Fsp3) is 0.424. The van der Waals surface area contributed by atoms with Crippen LogP contribution in [0.4, 0.5) is 11.4 Å². The Morgan fingerprint density at radius 3 is 1.60 bits per heavy atom. The van der Waals surface area contributed by atoms with Gasteiger partial charge in [-0.3, -0.25) is 24.3 Å². The summed E-state index contributed by atoms with van der Waals surface area (Å²) >= 11 is 0. The van der Waals surface area contributed by atoms with Gasteiger partial charge in [0.05, 0.1) is 11.4 Å². The van der Waals surface area contributed by atoms with E-state index in [0.29, 0.717) is 37.3 Å². The van der Waals surface area contributed by atoms with E-state index in [9.17, 15) is 19.2 Å². The Hall–Kier alpha value is -4.47. The van der Waals surface area contributed by atoms with Crippen LogP contribution in [-0.2, 0) is 19.2 Å². The molecule has 2 aliphatic rings. The number of aromatic nitrogens is 2. The third kappa shape index (κ3) is 6.63. The van der Waals surface area contributed by atoms with Crippen molar-refractivity contribution < 1.29 is 19.2 Å². The summed E-state index contributed by atoms with van der Waals surface area (Å²) in [6, 6.07) is 16.1. The molecule has 2 atom stereocenters. The molecule has 2 fully saturated rings. The molecule has 1 aromatic heterocycles. The molecule has 10 heteroatoms. The molecule has 2 saturated heterocycles. The highest BCUT2D eigenvalue weighted by molar-refractivity contribution is 5.98. The molecule has 2 aromatic carbocycles. The van der Waals surface area contributed by atoms with E-state index in [4.69, 9.17) is 0 Å². The normalized spacial score (nSPS) is 18.4. The number of carbonyl (C=O) groups excluding carboxylic acids is 4. The SMILES string of the molecule is CC(C)C(=O)N1CCCC1C(=O)Nc1ccc(-c2cc(-c3ccc(NC(=O)C4CCCN4C(=O)C(C)C)cc3)[nH]n2)cc1. The molecule has 0 bridgehead atoms. The van der Waals surface area contributed by atoms with Crippen LogP contribution in [-0.4, -0.2) is 68.8 Å². The Balaban J connectivity index is 1.19. The predicted octanol–water partition coefficient (Wildman–Crippen LogP) is 4.91. The van der Waals surface area contributed by atoms with E-state index in [1.807, 2.05) is 82.3 Å². The maximum atomic E-state index is 12.9. The summed E-state index contributed by atoms with van der Waals surface area (Å²) in [5.74, 6) is -0.574. The van der Waals surface area contributed by atoms with Crippen LogP contribution in [0.1, 0.15) is 53.4 Å². The number of nitrogens with one attached hydrogen (secondary N) is 3. The molecule has 3 N–H and O–H groups in total. The molecule has 0 aliphatic carbocycles. The van der Waals surface area contributed by atoms with Gasteiger partial charge in [0.2, 0.25) is 23.6 Å². The quantitative estimate of drug-likeness (QED) is 0.347. The maximum Gasteiger partial charge on any atom is 0.247 e. The second-order valence-corrected chi connectivity index (χ2v) is 12.0. The Morgan fingerprint density at radius 2 is 1.16 bits per heavy atom. The minimum Gasteiger partial charge on any atom is -0.330 e. The summed E-state index contributed by atoms with van der Waals surface area (Å²) in [5.41, 5.74) is 4.72. The summed E-state index contributed by atoms with van der Waals surface area (Å²) in [6.07, 6.45) is 3.00. The van der Waals surface area contributed by atoms with E-state index in [1.54, 1.807) is 9.80 Å². The van der Waals surface area contributed by atoms with Crippen LogP contribution in [0.15, 0.2) is 54.6 Å². The summed E-state index contributed by atoms with van der Waals surface area (Å²) < 4.78 is 0. The first-order chi connectivity index (χ1) is 20.6. The molecular formula is C33H40N6O4. The van der Waals surface area contributed by atoms with Crippen molar-refractivity contribution in [2.24, 2.45) is 11.8 Å². The smallest absolute Gasteiger partial charge is 0.247 e. The van der Waals surface area contributed by atoms with E-state index in [0.717, 1.165) is 35.4 Å². The zero-order valence-electron chi connectivity index (χ0n) is 25.2. The van der Waals surface area contributed by atoms with E-state index in [2.05, 4.69) is 20.8 Å². The Kier molecular flexibility index (Phi) is 8.94. The third-order valence-electron chi connectivity index (χ3n) is 8.15. The van der Waals surface area contributed by atoms with Crippen LogP contribution >= 0.6 is 0 Å². The molecule has 0 saturated carbocycles. The first-order valence-electron chi connectivity index (χ1n) is 15.1. The Morgan fingerprint density at radius 1 is 0.721 bits per heavy atom. The lowest BCUT2D eigenvalue weighted by atomic mass is 10.1. The van der Waals surface area contributed by atoms with Crippen LogP contribution in [0, 0.1) is 11.8 Å². The number of nitrogens with zero attached hydrogens (tertiary/aromatic N) is 3. The Bertz CT molecular complexity index is 1370. The van der Waals surface area contributed by atoms with Gasteiger partial charge in [0, 0.05) is 41.9 Å². The van der Waals surface area contributed by atoms with Gasteiger partial charge in [0.25, 0.3) is 0 Å². The minimum atomic E-state index is -0.435. The monoisotopic (exact) mass is 584 g/mol. The second kappa shape index (κ2) is 12.8. The largest absolute Gasteiger partial charge is 0.330 e. The first kappa shape index (κ1) is 30.0. The molecular weight excluding hydrogens is 544 g/mol. The van der Waals surface area contributed by atoms with Crippen molar-refractivity contribution in [3.8, 4) is 22.5 Å². The number of rotatable bonds is 8. The van der Waals surface area contributed by atoms with E-state index in [1.165, 1.54) is 0 Å². The van der Waals surface area contributed by atoms with Gasteiger partial charge >= 0.3 is 0 Å². The average Bonchev–Trinajstić information content (AvgIpc) is 3.78. The van der Waals surface area contributed by atoms with Gasteiger partial charge in [-0.1, -0.05) is 52.0 Å². The average molecular weight is 585 g/mol. The van der Waals surface area contributed by atoms with Crippen LogP contribution in [0.5, 0.6) is 0 Å². The lowest BCUT2D eigenvalue weighted by molar-refractivity contribution is -0.139. The van der Waals surface area contributed by atoms with Gasteiger partial charge in [-0.25, -0.2) is 0 Å². The van der Waals surface area contributed by atoms with Crippen LogP contribution in [0.3, 0.4) is 0 Å². The highest BCUT2D eigenvalue weighted by Gasteiger charge is 2.36. The Labute approximate surface area is 252 Å². The number of hydrogen-bond donors (Lipinski definition) is 3. The number of hydrogen-bond acceptors (Lipinski definition) is 5. The molecule has 4 amide bonds. The van der Waals surface area contributed by atoms with E-state index >= 15 is 0 Å². The number of aromatic amines is 1. The van der Waals surface area contributed by atoms with Crippen molar-refractivity contribution in [3.05, 3.63) is 54.6 Å². The minimum absolute atomic E-state index is 0.0110. The fourth-order valence-corrected chi connectivity index (χ4v) is 5.80. The van der Waals surface area contributed by atoms with Crippen LogP contribution in [0.2, 0.25) is 0 Å². The zero-order valence-corrected chi connectivity index (χ0v) is 25.2. The van der Waals surface area contributed by atoms with Gasteiger partial charge in [-0.2, -0.15) is 5.10 Å². The summed E-state index contributed by atoms with van der Waals surface area (Å²) in [5, 5.41) is 13.4. The van der Waals surface area contributed by atoms with Gasteiger partial charge in [0.1, 0.15) is 12.1 Å². The summed E-state index contributed by atoms with van der Waals surface area (Å²) in [7, 11) is 0. The van der Waals surface area contributed by atoms with Crippen molar-refractivity contribution in [2.45, 2.75) is 65.5 Å². The van der Waals surface area contributed by atoms with Crippen molar-refractivity contribution in [1.29, 1.82) is 0 Å². The summed E-state index contributed by atoms with van der Waals surface area (Å²) in [6.45, 7) is 8.65. The maximum absolute atomic E-state index is 12.9. The highest BCUT2D eigenvalue weighted by atomic mass is 16.2. The molecule has 0 radical (unpaired) electrons. The standard InChI is InChI=1S/C33H40N6O4/c1-20(2)32(42)38-17-5-7-28(38)30(40)34-24-13-9-22(10-14-24)26-19-27(37-36-26)23-11-15-25(16-12-23)35-31(41)29-8-6-18-39(29)33(43)21(3)4/h9-16,19-21,28-29H,5-8,17-18H2,1-4H3,(H,34,40)(H,35,41)(H,36,37). The number of likely N-dealkylation sites (tertiary alicyclic amines) is 2.